The van der Waals surface area contributed by atoms with Crippen molar-refractivity contribution in [3.63, 3.8) is 0 Å². The number of ether oxygens (including phenoxy) is 1. The zero-order chi connectivity index (χ0) is 16.0. The van der Waals surface area contributed by atoms with Gasteiger partial charge in [-0.25, -0.2) is 17.9 Å². The topological polar surface area (TPSA) is 113 Å². The van der Waals surface area contributed by atoms with Gasteiger partial charge in [0.1, 0.15) is 10.6 Å². The number of aliphatic hydroxyl groups is 1. The van der Waals surface area contributed by atoms with Crippen LogP contribution >= 0.6 is 0 Å². The maximum Gasteiger partial charge on any atom is 0.328 e. The molecule has 0 heterocycles. The molecule has 0 aliphatic rings. The summed E-state index contributed by atoms with van der Waals surface area (Å²) in [5.74, 6) is -1.01. The van der Waals surface area contributed by atoms with Crippen molar-refractivity contribution in [2.45, 2.75) is 17.9 Å². The van der Waals surface area contributed by atoms with Crippen LogP contribution < -0.4 is 9.46 Å². The first kappa shape index (κ1) is 17.2. The van der Waals surface area contributed by atoms with Crippen LogP contribution in [0.2, 0.25) is 0 Å². The number of aliphatic hydroxyl groups excluding tert-OH is 1. The Morgan fingerprint density at radius 1 is 1.48 bits per heavy atom. The van der Waals surface area contributed by atoms with E-state index in [1.807, 2.05) is 0 Å². The van der Waals surface area contributed by atoms with Crippen molar-refractivity contribution in [3.05, 3.63) is 29.8 Å². The van der Waals surface area contributed by atoms with Crippen molar-refractivity contribution in [2.75, 3.05) is 13.7 Å². The molecule has 0 aliphatic heterocycles. The molecule has 0 amide bonds. The number of nitrogens with one attached hydrogen (secondary N) is 1. The van der Waals surface area contributed by atoms with Gasteiger partial charge in [0.2, 0.25) is 10.0 Å². The average Bonchev–Trinajstić information content (AvgIpc) is 2.44. The molecule has 0 fully saturated rings. The van der Waals surface area contributed by atoms with E-state index in [1.165, 1.54) is 38.3 Å². The van der Waals surface area contributed by atoms with Crippen LogP contribution in [0.3, 0.4) is 0 Å². The lowest BCUT2D eigenvalue weighted by Gasteiger charge is -2.14. The highest BCUT2D eigenvalue weighted by Gasteiger charge is 2.21. The summed E-state index contributed by atoms with van der Waals surface area (Å²) in [6, 6.07) is 3.61. The second-order valence-corrected chi connectivity index (χ2v) is 5.97. The van der Waals surface area contributed by atoms with Crippen molar-refractivity contribution >= 4 is 22.1 Å². The van der Waals surface area contributed by atoms with Gasteiger partial charge in [-0.3, -0.25) is 0 Å². The smallest absolute Gasteiger partial charge is 0.328 e. The van der Waals surface area contributed by atoms with Gasteiger partial charge in [0, 0.05) is 12.1 Å². The standard InChI is InChI=1S/C13H17NO6S/c1-9(8-15)14-21(18,19)12-7-10(4-6-13(16)17)3-5-11(12)20-2/h3-7,9,14-15H,8H2,1-2H3,(H,16,17)/b6-4+/t9-/m0/s1. The molecule has 3 N–H and O–H groups in total. The van der Waals surface area contributed by atoms with Gasteiger partial charge in [-0.2, -0.15) is 0 Å². The third-order valence-electron chi connectivity index (χ3n) is 2.53. The molecule has 116 valence electrons. The van der Waals surface area contributed by atoms with Gasteiger partial charge in [0.25, 0.3) is 0 Å². The SMILES string of the molecule is COc1ccc(/C=C/C(=O)O)cc1S(=O)(=O)N[C@@H](C)CO. The van der Waals surface area contributed by atoms with E-state index in [2.05, 4.69) is 4.72 Å². The lowest BCUT2D eigenvalue weighted by Crippen LogP contribution is -2.35. The van der Waals surface area contributed by atoms with E-state index in [1.54, 1.807) is 0 Å². The van der Waals surface area contributed by atoms with Crippen LogP contribution in [0.25, 0.3) is 6.08 Å². The summed E-state index contributed by atoms with van der Waals surface area (Å²) in [7, 11) is -2.56. The maximum atomic E-state index is 12.2. The van der Waals surface area contributed by atoms with Crippen LogP contribution in [0.4, 0.5) is 0 Å². The quantitative estimate of drug-likeness (QED) is 0.630. The summed E-state index contributed by atoms with van der Waals surface area (Å²) in [5.41, 5.74) is 0.398. The Morgan fingerprint density at radius 3 is 2.67 bits per heavy atom. The fraction of sp³-hybridized carbons (Fsp3) is 0.308. The monoisotopic (exact) mass is 315 g/mol. The maximum absolute atomic E-state index is 12.2. The number of hydrogen-bond acceptors (Lipinski definition) is 5. The highest BCUT2D eigenvalue weighted by atomic mass is 32.2. The fourth-order valence-electron chi connectivity index (χ4n) is 1.54. The van der Waals surface area contributed by atoms with Crippen LogP contribution in [0, 0.1) is 0 Å². The van der Waals surface area contributed by atoms with Crippen LogP contribution in [-0.4, -0.2) is 44.4 Å². The molecule has 0 aliphatic carbocycles. The average molecular weight is 315 g/mol. The van der Waals surface area contributed by atoms with Crippen molar-refractivity contribution in [1.82, 2.24) is 4.72 Å². The van der Waals surface area contributed by atoms with Crippen molar-refractivity contribution < 1.29 is 28.2 Å². The molecule has 1 rings (SSSR count). The third kappa shape index (κ3) is 4.85. The van der Waals surface area contributed by atoms with E-state index in [9.17, 15) is 13.2 Å². The summed E-state index contributed by atoms with van der Waals surface area (Å²) >= 11 is 0. The van der Waals surface area contributed by atoms with E-state index in [4.69, 9.17) is 14.9 Å². The van der Waals surface area contributed by atoms with Gasteiger partial charge in [0.15, 0.2) is 0 Å². The Labute approximate surface area is 122 Å². The molecule has 8 heteroatoms. The summed E-state index contributed by atoms with van der Waals surface area (Å²) in [5, 5.41) is 17.5. The molecule has 0 spiro atoms. The molecule has 7 nitrogen and oxygen atoms in total. The predicted octanol–water partition coefficient (Wildman–Crippen LogP) is 0.452. The first-order chi connectivity index (χ1) is 9.80. The van der Waals surface area contributed by atoms with E-state index in [-0.39, 0.29) is 17.3 Å². The largest absolute Gasteiger partial charge is 0.495 e. The number of aliphatic carboxylic acids is 1. The van der Waals surface area contributed by atoms with Crippen LogP contribution in [-0.2, 0) is 14.8 Å². The second-order valence-electron chi connectivity index (χ2n) is 4.29. The van der Waals surface area contributed by atoms with Crippen molar-refractivity contribution in [1.29, 1.82) is 0 Å². The van der Waals surface area contributed by atoms with Gasteiger partial charge >= 0.3 is 5.97 Å². The first-order valence-corrected chi connectivity index (χ1v) is 7.50. The molecule has 1 aromatic rings. The fourth-order valence-corrected chi connectivity index (χ4v) is 2.98. The van der Waals surface area contributed by atoms with Gasteiger partial charge < -0.3 is 14.9 Å². The molecule has 0 unspecified atom stereocenters. The number of methoxy groups -OCH3 is 1. The summed E-state index contributed by atoms with van der Waals surface area (Å²) < 4.78 is 31.8. The molecule has 0 saturated carbocycles. The Bertz CT molecular complexity index is 638. The molecule has 1 atom stereocenters. The minimum Gasteiger partial charge on any atom is -0.495 e. The minimum absolute atomic E-state index is 0.125. The molecular weight excluding hydrogens is 298 g/mol. The summed E-state index contributed by atoms with van der Waals surface area (Å²) in [4.78, 5) is 10.4. The van der Waals surface area contributed by atoms with Crippen LogP contribution in [0.5, 0.6) is 5.75 Å². The number of carboxylic acids is 1. The second kappa shape index (κ2) is 7.21. The zero-order valence-corrected chi connectivity index (χ0v) is 12.4. The van der Waals surface area contributed by atoms with E-state index in [0.29, 0.717) is 5.56 Å². The van der Waals surface area contributed by atoms with Gasteiger partial charge in [-0.05, 0) is 30.7 Å². The lowest BCUT2D eigenvalue weighted by molar-refractivity contribution is -0.131. The number of rotatable bonds is 7. The Balaban J connectivity index is 3.25. The van der Waals surface area contributed by atoms with Crippen LogP contribution in [0.1, 0.15) is 12.5 Å². The third-order valence-corrected chi connectivity index (χ3v) is 4.14. The Hall–Kier alpha value is -1.90. The first-order valence-electron chi connectivity index (χ1n) is 6.02. The lowest BCUT2D eigenvalue weighted by atomic mass is 10.2. The van der Waals surface area contributed by atoms with E-state index in [0.717, 1.165) is 6.08 Å². The predicted molar refractivity (Wildman–Crippen MR) is 76.5 cm³/mol. The van der Waals surface area contributed by atoms with Gasteiger partial charge in [-0.15, -0.1) is 0 Å². The number of benzene rings is 1. The van der Waals surface area contributed by atoms with Crippen molar-refractivity contribution in [2.24, 2.45) is 0 Å². The van der Waals surface area contributed by atoms with E-state index < -0.39 is 22.0 Å². The molecule has 21 heavy (non-hydrogen) atoms. The van der Waals surface area contributed by atoms with Crippen LogP contribution in [0.15, 0.2) is 29.2 Å². The molecule has 0 radical (unpaired) electrons. The number of carbonyl (C=O) groups is 1. The Kier molecular flexibility index (Phi) is 5.89. The Morgan fingerprint density at radius 2 is 2.14 bits per heavy atom. The zero-order valence-electron chi connectivity index (χ0n) is 11.6. The highest BCUT2D eigenvalue weighted by molar-refractivity contribution is 7.89. The number of carboxylic acid groups (broad SMARTS) is 1. The molecule has 0 saturated heterocycles. The van der Waals surface area contributed by atoms with Gasteiger partial charge in [-0.1, -0.05) is 6.07 Å². The number of hydrogen-bond donors (Lipinski definition) is 3. The normalized spacial score (nSPS) is 13.3. The molecule has 1 aromatic carbocycles. The van der Waals surface area contributed by atoms with Crippen molar-refractivity contribution in [3.8, 4) is 5.75 Å². The van der Waals surface area contributed by atoms with Gasteiger partial charge in [0.05, 0.1) is 13.7 Å². The molecule has 0 aromatic heterocycles. The highest BCUT2D eigenvalue weighted by Crippen LogP contribution is 2.25. The number of sulfonamides is 1. The minimum atomic E-state index is -3.89. The molecular formula is C13H17NO6S. The molecule has 0 bridgehead atoms. The van der Waals surface area contributed by atoms with E-state index >= 15 is 0 Å². The summed E-state index contributed by atoms with van der Waals surface area (Å²) in [6.45, 7) is 1.17. The summed E-state index contributed by atoms with van der Waals surface area (Å²) in [6.07, 6.45) is 2.18.